The molecule has 0 atom stereocenters. The summed E-state index contributed by atoms with van der Waals surface area (Å²) >= 11 is 1.70. The number of hydrogen-bond donors (Lipinski definition) is 1. The maximum atomic E-state index is 5.53. The van der Waals surface area contributed by atoms with Crippen molar-refractivity contribution in [1.29, 1.82) is 0 Å². The number of methoxy groups -OCH3 is 1. The molecule has 12 heavy (non-hydrogen) atoms. The highest BCUT2D eigenvalue weighted by Gasteiger charge is 2.01. The lowest BCUT2D eigenvalue weighted by molar-refractivity contribution is 0.408. The fraction of sp³-hybridized carbons (Fsp3) is 0.333. The van der Waals surface area contributed by atoms with Crippen LogP contribution in [0.25, 0.3) is 0 Å². The normalized spacial score (nSPS) is 9.92. The monoisotopic (exact) mass is 183 g/mol. The van der Waals surface area contributed by atoms with E-state index in [1.165, 1.54) is 4.90 Å². The van der Waals surface area contributed by atoms with E-state index in [0.29, 0.717) is 6.54 Å². The highest BCUT2D eigenvalue weighted by atomic mass is 32.2. The van der Waals surface area contributed by atoms with E-state index in [1.807, 2.05) is 18.4 Å². The van der Waals surface area contributed by atoms with Crippen LogP contribution in [0.4, 0.5) is 0 Å². The fourth-order valence-electron chi connectivity index (χ4n) is 1.02. The maximum Gasteiger partial charge on any atom is 0.124 e. The number of ether oxygens (including phenoxy) is 1. The molecule has 0 radical (unpaired) electrons. The second-order valence-corrected chi connectivity index (χ2v) is 3.26. The molecule has 0 aliphatic rings. The van der Waals surface area contributed by atoms with Crippen molar-refractivity contribution in [1.82, 2.24) is 0 Å². The van der Waals surface area contributed by atoms with Crippen LogP contribution >= 0.6 is 11.8 Å². The Morgan fingerprint density at radius 2 is 2.25 bits per heavy atom. The third kappa shape index (κ3) is 1.93. The van der Waals surface area contributed by atoms with Gasteiger partial charge in [0.2, 0.25) is 0 Å². The van der Waals surface area contributed by atoms with Crippen LogP contribution in [-0.4, -0.2) is 13.4 Å². The van der Waals surface area contributed by atoms with Crippen LogP contribution in [0.3, 0.4) is 0 Å². The van der Waals surface area contributed by atoms with Gasteiger partial charge >= 0.3 is 0 Å². The Hall–Kier alpha value is -0.670. The minimum Gasteiger partial charge on any atom is -0.496 e. The zero-order valence-electron chi connectivity index (χ0n) is 7.33. The van der Waals surface area contributed by atoms with Crippen molar-refractivity contribution in [2.75, 3.05) is 13.4 Å². The van der Waals surface area contributed by atoms with Crippen molar-refractivity contribution in [2.45, 2.75) is 11.4 Å². The quantitative estimate of drug-likeness (QED) is 0.727. The van der Waals surface area contributed by atoms with E-state index >= 15 is 0 Å². The Morgan fingerprint density at radius 1 is 1.50 bits per heavy atom. The number of hydrogen-bond acceptors (Lipinski definition) is 3. The van der Waals surface area contributed by atoms with Gasteiger partial charge in [-0.1, -0.05) is 6.07 Å². The molecular weight excluding hydrogens is 170 g/mol. The van der Waals surface area contributed by atoms with Crippen LogP contribution in [-0.2, 0) is 6.54 Å². The summed E-state index contributed by atoms with van der Waals surface area (Å²) in [6.45, 7) is 0.526. The first kappa shape index (κ1) is 9.42. The minimum absolute atomic E-state index is 0.526. The van der Waals surface area contributed by atoms with Crippen molar-refractivity contribution in [3.8, 4) is 5.75 Å². The summed E-state index contributed by atoms with van der Waals surface area (Å²) in [7, 11) is 1.67. The molecule has 0 aromatic heterocycles. The van der Waals surface area contributed by atoms with Crippen LogP contribution in [0.5, 0.6) is 5.75 Å². The van der Waals surface area contributed by atoms with E-state index < -0.39 is 0 Å². The average Bonchev–Trinajstić information content (AvgIpc) is 2.16. The lowest BCUT2D eigenvalue weighted by Gasteiger charge is -2.07. The van der Waals surface area contributed by atoms with Crippen molar-refractivity contribution in [3.63, 3.8) is 0 Å². The zero-order chi connectivity index (χ0) is 8.97. The molecular formula is C9H13NOS. The fourth-order valence-corrected chi connectivity index (χ4v) is 1.45. The van der Waals surface area contributed by atoms with Crippen LogP contribution < -0.4 is 10.5 Å². The van der Waals surface area contributed by atoms with Crippen molar-refractivity contribution >= 4 is 11.8 Å². The summed E-state index contributed by atoms with van der Waals surface area (Å²) in [5, 5.41) is 0. The third-order valence-electron chi connectivity index (χ3n) is 1.71. The van der Waals surface area contributed by atoms with Gasteiger partial charge in [-0.15, -0.1) is 11.8 Å². The van der Waals surface area contributed by atoms with Gasteiger partial charge in [0.05, 0.1) is 7.11 Å². The molecule has 0 amide bonds. The summed E-state index contributed by atoms with van der Waals surface area (Å²) in [4.78, 5) is 1.20. The van der Waals surface area contributed by atoms with Gasteiger partial charge in [0.25, 0.3) is 0 Å². The second kappa shape index (κ2) is 4.38. The topological polar surface area (TPSA) is 35.2 Å². The first-order valence-corrected chi connectivity index (χ1v) is 4.95. The number of rotatable bonds is 3. The molecule has 1 aromatic rings. The Morgan fingerprint density at radius 3 is 2.75 bits per heavy atom. The van der Waals surface area contributed by atoms with Gasteiger partial charge in [-0.2, -0.15) is 0 Å². The molecule has 0 unspecified atom stereocenters. The number of benzene rings is 1. The van der Waals surface area contributed by atoms with Gasteiger partial charge in [-0.05, 0) is 18.4 Å². The molecule has 3 heteroatoms. The van der Waals surface area contributed by atoms with Gasteiger partial charge in [0, 0.05) is 17.0 Å². The lowest BCUT2D eigenvalue weighted by atomic mass is 10.2. The van der Waals surface area contributed by atoms with E-state index in [9.17, 15) is 0 Å². The summed E-state index contributed by atoms with van der Waals surface area (Å²) < 4.78 is 5.19. The van der Waals surface area contributed by atoms with Crippen LogP contribution in [0.2, 0.25) is 0 Å². The minimum atomic E-state index is 0.526. The molecule has 1 rings (SSSR count). The molecule has 0 saturated heterocycles. The van der Waals surface area contributed by atoms with Gasteiger partial charge < -0.3 is 10.5 Å². The smallest absolute Gasteiger partial charge is 0.124 e. The van der Waals surface area contributed by atoms with E-state index in [4.69, 9.17) is 10.5 Å². The summed E-state index contributed by atoms with van der Waals surface area (Å²) in [5.41, 5.74) is 6.58. The molecule has 0 bridgehead atoms. The van der Waals surface area contributed by atoms with Gasteiger partial charge in [0.1, 0.15) is 5.75 Å². The zero-order valence-corrected chi connectivity index (χ0v) is 8.15. The van der Waals surface area contributed by atoms with Crippen molar-refractivity contribution in [2.24, 2.45) is 5.73 Å². The second-order valence-electron chi connectivity index (χ2n) is 2.38. The van der Waals surface area contributed by atoms with Crippen molar-refractivity contribution < 1.29 is 4.74 Å². The first-order valence-electron chi connectivity index (χ1n) is 3.72. The number of thioether (sulfide) groups is 1. The summed E-state index contributed by atoms with van der Waals surface area (Å²) in [6, 6.07) is 6.06. The molecule has 1 aromatic carbocycles. The van der Waals surface area contributed by atoms with Crippen LogP contribution in [0.15, 0.2) is 23.1 Å². The molecule has 0 fully saturated rings. The highest BCUT2D eigenvalue weighted by molar-refractivity contribution is 7.98. The average molecular weight is 183 g/mol. The Bertz CT molecular complexity index is 263. The van der Waals surface area contributed by atoms with Gasteiger partial charge in [0.15, 0.2) is 0 Å². The molecule has 0 saturated carbocycles. The Balaban J connectivity index is 3.02. The predicted octanol–water partition coefficient (Wildman–Crippen LogP) is 1.88. The SMILES string of the molecule is COc1cc(SC)ccc1CN. The van der Waals surface area contributed by atoms with Gasteiger partial charge in [-0.25, -0.2) is 0 Å². The van der Waals surface area contributed by atoms with Gasteiger partial charge in [-0.3, -0.25) is 0 Å². The van der Waals surface area contributed by atoms with E-state index in [-0.39, 0.29) is 0 Å². The summed E-state index contributed by atoms with van der Waals surface area (Å²) in [5.74, 6) is 0.879. The largest absolute Gasteiger partial charge is 0.496 e. The highest BCUT2D eigenvalue weighted by Crippen LogP contribution is 2.24. The molecule has 0 aliphatic heterocycles. The van der Waals surface area contributed by atoms with Crippen LogP contribution in [0, 0.1) is 0 Å². The first-order chi connectivity index (χ1) is 5.81. The molecule has 0 aliphatic carbocycles. The summed E-state index contributed by atoms with van der Waals surface area (Å²) in [6.07, 6.45) is 2.04. The molecule has 66 valence electrons. The Labute approximate surface area is 77.1 Å². The van der Waals surface area contributed by atoms with E-state index in [1.54, 1.807) is 18.9 Å². The third-order valence-corrected chi connectivity index (χ3v) is 2.44. The van der Waals surface area contributed by atoms with E-state index in [0.717, 1.165) is 11.3 Å². The lowest BCUT2D eigenvalue weighted by Crippen LogP contribution is -1.99. The van der Waals surface area contributed by atoms with Crippen molar-refractivity contribution in [3.05, 3.63) is 23.8 Å². The maximum absolute atomic E-state index is 5.53. The standard InChI is InChI=1S/C9H13NOS/c1-11-9-5-8(12-2)4-3-7(9)6-10/h3-5H,6,10H2,1-2H3. The molecule has 0 heterocycles. The predicted molar refractivity (Wildman–Crippen MR) is 52.7 cm³/mol. The molecule has 2 N–H and O–H groups in total. The van der Waals surface area contributed by atoms with E-state index in [2.05, 4.69) is 6.07 Å². The molecule has 2 nitrogen and oxygen atoms in total. The van der Waals surface area contributed by atoms with Crippen LogP contribution in [0.1, 0.15) is 5.56 Å². The molecule has 0 spiro atoms. The number of nitrogens with two attached hydrogens (primary N) is 1. The Kier molecular flexibility index (Phi) is 3.44.